The third-order valence-electron chi connectivity index (χ3n) is 2.87. The van der Waals surface area contributed by atoms with E-state index >= 15 is 0 Å². The van der Waals surface area contributed by atoms with Crippen molar-refractivity contribution in [2.75, 3.05) is 12.1 Å². The number of anilines is 1. The number of hydrogen-bond donors (Lipinski definition) is 1. The van der Waals surface area contributed by atoms with Crippen molar-refractivity contribution in [3.63, 3.8) is 0 Å². The van der Waals surface area contributed by atoms with Crippen LogP contribution in [0.2, 0.25) is 5.02 Å². The lowest BCUT2D eigenvalue weighted by atomic mass is 10.2. The molecule has 1 aliphatic heterocycles. The zero-order valence-corrected chi connectivity index (χ0v) is 12.3. The van der Waals surface area contributed by atoms with E-state index in [2.05, 4.69) is 21.2 Å². The van der Waals surface area contributed by atoms with E-state index in [4.69, 9.17) is 21.1 Å². The van der Waals surface area contributed by atoms with Gasteiger partial charge in [0.1, 0.15) is 0 Å². The van der Waals surface area contributed by atoms with Crippen molar-refractivity contribution in [3.05, 3.63) is 51.5 Å². The van der Waals surface area contributed by atoms with E-state index in [0.29, 0.717) is 6.54 Å². The van der Waals surface area contributed by atoms with Crippen LogP contribution in [0.15, 0.2) is 40.9 Å². The molecule has 0 atom stereocenters. The van der Waals surface area contributed by atoms with Gasteiger partial charge in [-0.3, -0.25) is 0 Å². The first-order valence-electron chi connectivity index (χ1n) is 5.80. The van der Waals surface area contributed by atoms with Gasteiger partial charge in [0, 0.05) is 27.8 Å². The zero-order valence-electron chi connectivity index (χ0n) is 9.95. The van der Waals surface area contributed by atoms with Gasteiger partial charge in [0.15, 0.2) is 11.5 Å². The van der Waals surface area contributed by atoms with Gasteiger partial charge in [-0.25, -0.2) is 0 Å². The summed E-state index contributed by atoms with van der Waals surface area (Å²) in [7, 11) is 0. The normalized spacial score (nSPS) is 12.5. The Labute approximate surface area is 124 Å². The van der Waals surface area contributed by atoms with Crippen molar-refractivity contribution < 1.29 is 9.47 Å². The fraction of sp³-hybridized carbons (Fsp3) is 0.143. The monoisotopic (exact) mass is 339 g/mol. The summed E-state index contributed by atoms with van der Waals surface area (Å²) in [5.74, 6) is 1.55. The topological polar surface area (TPSA) is 30.5 Å². The zero-order chi connectivity index (χ0) is 13.2. The molecule has 0 amide bonds. The number of halogens is 2. The fourth-order valence-electron chi connectivity index (χ4n) is 1.87. The quantitative estimate of drug-likeness (QED) is 0.896. The van der Waals surface area contributed by atoms with Crippen molar-refractivity contribution in [1.29, 1.82) is 0 Å². The first-order valence-corrected chi connectivity index (χ1v) is 6.97. The minimum Gasteiger partial charge on any atom is -0.454 e. The summed E-state index contributed by atoms with van der Waals surface area (Å²) in [6.45, 7) is 0.948. The van der Waals surface area contributed by atoms with Gasteiger partial charge >= 0.3 is 0 Å². The maximum absolute atomic E-state index is 6.17. The molecule has 19 heavy (non-hydrogen) atoms. The maximum Gasteiger partial charge on any atom is 0.231 e. The molecule has 3 nitrogen and oxygen atoms in total. The summed E-state index contributed by atoms with van der Waals surface area (Å²) < 4.78 is 11.6. The highest BCUT2D eigenvalue weighted by Gasteiger charge is 2.13. The maximum atomic E-state index is 6.17. The largest absolute Gasteiger partial charge is 0.454 e. The molecular formula is C14H11BrClNO2. The Hall–Kier alpha value is -1.39. The van der Waals surface area contributed by atoms with Crippen LogP contribution in [0.1, 0.15) is 5.56 Å². The molecule has 0 unspecified atom stereocenters. The molecule has 0 aromatic heterocycles. The van der Waals surface area contributed by atoms with Crippen molar-refractivity contribution in [2.24, 2.45) is 0 Å². The number of hydrogen-bond acceptors (Lipinski definition) is 3. The second kappa shape index (κ2) is 5.31. The highest BCUT2D eigenvalue weighted by molar-refractivity contribution is 9.10. The third-order valence-corrected chi connectivity index (χ3v) is 3.72. The van der Waals surface area contributed by atoms with Gasteiger partial charge in [0.05, 0.1) is 0 Å². The Morgan fingerprint density at radius 3 is 2.79 bits per heavy atom. The van der Waals surface area contributed by atoms with Crippen molar-refractivity contribution in [3.8, 4) is 11.5 Å². The molecule has 0 radical (unpaired) electrons. The lowest BCUT2D eigenvalue weighted by Gasteiger charge is -2.09. The predicted molar refractivity (Wildman–Crippen MR) is 79.0 cm³/mol. The molecule has 1 aliphatic rings. The minimum absolute atomic E-state index is 0.289. The van der Waals surface area contributed by atoms with Gasteiger partial charge in [0.2, 0.25) is 6.79 Å². The van der Waals surface area contributed by atoms with E-state index in [-0.39, 0.29) is 6.79 Å². The van der Waals surface area contributed by atoms with Gasteiger partial charge in [-0.15, -0.1) is 0 Å². The number of nitrogens with one attached hydrogen (secondary N) is 1. The van der Waals surface area contributed by atoms with Crippen LogP contribution in [0, 0.1) is 0 Å². The predicted octanol–water partition coefficient (Wildman–Crippen LogP) is 4.44. The van der Waals surface area contributed by atoms with Crippen LogP contribution in [0.4, 0.5) is 5.69 Å². The Morgan fingerprint density at radius 2 is 1.95 bits per heavy atom. The summed E-state index contributed by atoms with van der Waals surface area (Å²) in [4.78, 5) is 0. The molecule has 5 heteroatoms. The van der Waals surface area contributed by atoms with Gasteiger partial charge < -0.3 is 14.8 Å². The molecular weight excluding hydrogens is 330 g/mol. The first-order chi connectivity index (χ1) is 9.22. The van der Waals surface area contributed by atoms with Crippen LogP contribution in [-0.4, -0.2) is 6.79 Å². The Balaban J connectivity index is 1.72. The van der Waals surface area contributed by atoms with Crippen molar-refractivity contribution in [1.82, 2.24) is 0 Å². The van der Waals surface area contributed by atoms with E-state index in [1.54, 1.807) is 0 Å². The summed E-state index contributed by atoms with van der Waals surface area (Å²) in [6.07, 6.45) is 0. The molecule has 0 spiro atoms. The van der Waals surface area contributed by atoms with Crippen molar-refractivity contribution >= 4 is 33.2 Å². The highest BCUT2D eigenvalue weighted by Crippen LogP contribution is 2.34. The molecule has 0 saturated carbocycles. The van der Waals surface area contributed by atoms with Crippen LogP contribution in [0.25, 0.3) is 0 Å². The van der Waals surface area contributed by atoms with Gasteiger partial charge in [0.25, 0.3) is 0 Å². The lowest BCUT2D eigenvalue weighted by Crippen LogP contribution is -1.99. The summed E-state index contributed by atoms with van der Waals surface area (Å²) >= 11 is 9.57. The summed E-state index contributed by atoms with van der Waals surface area (Å²) in [5.41, 5.74) is 2.02. The molecule has 1 heterocycles. The van der Waals surface area contributed by atoms with E-state index in [9.17, 15) is 0 Å². The van der Waals surface area contributed by atoms with Crippen LogP contribution in [0.5, 0.6) is 11.5 Å². The Bertz CT molecular complexity index is 618. The van der Waals surface area contributed by atoms with Gasteiger partial charge in [-0.2, -0.15) is 0 Å². The molecule has 0 saturated heterocycles. The lowest BCUT2D eigenvalue weighted by molar-refractivity contribution is 0.174. The van der Waals surface area contributed by atoms with Crippen LogP contribution < -0.4 is 14.8 Å². The Morgan fingerprint density at radius 1 is 1.11 bits per heavy atom. The number of benzene rings is 2. The number of fused-ring (bicyclic) bond motifs is 1. The van der Waals surface area contributed by atoms with Gasteiger partial charge in [-0.1, -0.05) is 33.6 Å². The second-order valence-corrected chi connectivity index (χ2v) is 5.48. The average Bonchev–Trinajstić information content (AvgIpc) is 2.85. The molecule has 0 aliphatic carbocycles. The third kappa shape index (κ3) is 2.80. The van der Waals surface area contributed by atoms with Gasteiger partial charge in [-0.05, 0) is 29.8 Å². The second-order valence-electron chi connectivity index (χ2n) is 4.16. The minimum atomic E-state index is 0.289. The molecule has 2 aromatic carbocycles. The standard InChI is InChI=1S/C14H11BrClNO2/c15-10-2-1-9(12(16)5-10)7-17-11-3-4-13-14(6-11)19-8-18-13/h1-6,17H,7-8H2. The molecule has 0 fully saturated rings. The van der Waals surface area contributed by atoms with Crippen LogP contribution in [0.3, 0.4) is 0 Å². The van der Waals surface area contributed by atoms with E-state index in [1.807, 2.05) is 36.4 Å². The molecule has 3 rings (SSSR count). The molecule has 1 N–H and O–H groups in total. The van der Waals surface area contributed by atoms with E-state index in [0.717, 1.165) is 32.2 Å². The SMILES string of the molecule is Clc1cc(Br)ccc1CNc1ccc2c(c1)OCO2. The fourth-order valence-corrected chi connectivity index (χ4v) is 2.61. The summed E-state index contributed by atoms with van der Waals surface area (Å²) in [6, 6.07) is 11.6. The Kier molecular flexibility index (Phi) is 3.53. The van der Waals surface area contributed by atoms with Crippen LogP contribution >= 0.6 is 27.5 Å². The molecule has 0 bridgehead atoms. The number of ether oxygens (including phenoxy) is 2. The average molecular weight is 341 g/mol. The van der Waals surface area contributed by atoms with E-state index in [1.165, 1.54) is 0 Å². The smallest absolute Gasteiger partial charge is 0.231 e. The molecule has 98 valence electrons. The van der Waals surface area contributed by atoms with Crippen molar-refractivity contribution in [2.45, 2.75) is 6.54 Å². The number of rotatable bonds is 3. The summed E-state index contributed by atoms with van der Waals surface area (Å²) in [5, 5.41) is 4.05. The first kappa shape index (κ1) is 12.6. The van der Waals surface area contributed by atoms with E-state index < -0.39 is 0 Å². The molecule has 2 aromatic rings. The van der Waals surface area contributed by atoms with Crippen LogP contribution in [-0.2, 0) is 6.54 Å². The highest BCUT2D eigenvalue weighted by atomic mass is 79.9.